The molecule has 0 atom stereocenters. The maximum absolute atomic E-state index is 13.9. The maximum atomic E-state index is 13.9. The number of carboxylic acid groups (broad SMARTS) is 1. The fraction of sp³-hybridized carbons (Fsp3) is 0.379. The lowest BCUT2D eigenvalue weighted by molar-refractivity contribution is -0.137. The molecule has 2 heterocycles. The third-order valence-corrected chi connectivity index (χ3v) is 6.23. The van der Waals surface area contributed by atoms with Crippen LogP contribution in [0.25, 0.3) is 28.0 Å². The first-order valence-corrected chi connectivity index (χ1v) is 12.2. The minimum atomic E-state index is -0.853. The van der Waals surface area contributed by atoms with E-state index in [1.807, 2.05) is 39.8 Å². The monoisotopic (exact) mass is 508 g/mol. The zero-order valence-electron chi connectivity index (χ0n) is 21.8. The van der Waals surface area contributed by atoms with E-state index in [4.69, 9.17) is 23.7 Å². The van der Waals surface area contributed by atoms with Crippen molar-refractivity contribution in [2.45, 2.75) is 59.0 Å². The number of phenolic OH excluding ortho intramolecular Hbond substituents is 1. The number of rotatable bonds is 9. The number of benzene rings is 2. The van der Waals surface area contributed by atoms with Crippen LogP contribution in [0.15, 0.2) is 39.1 Å². The molecule has 3 aromatic rings. The summed E-state index contributed by atoms with van der Waals surface area (Å²) in [4.78, 5) is 24.7. The fourth-order valence-corrected chi connectivity index (χ4v) is 4.42. The predicted octanol–water partition coefficient (Wildman–Crippen LogP) is 5.99. The van der Waals surface area contributed by atoms with Crippen molar-refractivity contribution < 1.29 is 33.6 Å². The number of hydrogen-bond acceptors (Lipinski definition) is 7. The van der Waals surface area contributed by atoms with Gasteiger partial charge >= 0.3 is 5.97 Å². The maximum Gasteiger partial charge on any atom is 0.303 e. The lowest BCUT2D eigenvalue weighted by Crippen LogP contribution is -2.27. The Morgan fingerprint density at radius 3 is 2.54 bits per heavy atom. The molecule has 0 spiro atoms. The predicted molar refractivity (Wildman–Crippen MR) is 142 cm³/mol. The molecular weight excluding hydrogens is 476 g/mol. The number of fused-ring (bicyclic) bond motifs is 3. The summed E-state index contributed by atoms with van der Waals surface area (Å²) in [6, 6.07) is 3.24. The van der Waals surface area contributed by atoms with E-state index >= 15 is 0 Å². The Labute approximate surface area is 214 Å². The number of carbonyl (C=O) groups is 1. The topological polar surface area (TPSA) is 115 Å². The molecule has 196 valence electrons. The number of allylic oxidation sites excluding steroid dienone is 2. The van der Waals surface area contributed by atoms with E-state index in [9.17, 15) is 14.7 Å². The summed E-state index contributed by atoms with van der Waals surface area (Å²) in [5.41, 5.74) is 1.61. The number of carboxylic acids is 1. The summed E-state index contributed by atoms with van der Waals surface area (Å²) in [7, 11) is 1.50. The van der Waals surface area contributed by atoms with Gasteiger partial charge in [0, 0.05) is 24.1 Å². The number of methoxy groups -OCH3 is 1. The average molecular weight is 509 g/mol. The lowest BCUT2D eigenvalue weighted by atomic mass is 9.97. The van der Waals surface area contributed by atoms with Crippen LogP contribution in [-0.2, 0) is 11.2 Å². The number of phenols is 1. The van der Waals surface area contributed by atoms with Crippen molar-refractivity contribution in [3.8, 4) is 23.0 Å². The van der Waals surface area contributed by atoms with Gasteiger partial charge in [0.2, 0.25) is 5.43 Å². The minimum Gasteiger partial charge on any atom is -0.506 e. The highest BCUT2D eigenvalue weighted by Crippen LogP contribution is 2.43. The van der Waals surface area contributed by atoms with Crippen LogP contribution in [0.3, 0.4) is 0 Å². The Balaban J connectivity index is 1.92. The van der Waals surface area contributed by atoms with Gasteiger partial charge in [-0.2, -0.15) is 0 Å². The zero-order chi connectivity index (χ0) is 26.9. The third-order valence-electron chi connectivity index (χ3n) is 6.23. The summed E-state index contributed by atoms with van der Waals surface area (Å²) in [5, 5.41) is 20.3. The van der Waals surface area contributed by atoms with E-state index < -0.39 is 11.6 Å². The fourth-order valence-electron chi connectivity index (χ4n) is 4.42. The molecule has 37 heavy (non-hydrogen) atoms. The van der Waals surface area contributed by atoms with E-state index in [1.54, 1.807) is 18.2 Å². The molecule has 0 unspecified atom stereocenters. The van der Waals surface area contributed by atoms with Gasteiger partial charge in [-0.1, -0.05) is 11.6 Å². The summed E-state index contributed by atoms with van der Waals surface area (Å²) in [6.45, 7) is 7.99. The molecule has 0 radical (unpaired) electrons. The first kappa shape index (κ1) is 26.1. The van der Waals surface area contributed by atoms with Crippen LogP contribution < -0.4 is 19.6 Å². The molecule has 2 aromatic carbocycles. The number of aliphatic carboxylic acids is 1. The van der Waals surface area contributed by atoms with E-state index in [-0.39, 0.29) is 35.2 Å². The lowest BCUT2D eigenvalue weighted by Gasteiger charge is -2.28. The Morgan fingerprint density at radius 1 is 1.14 bits per heavy atom. The molecule has 0 saturated heterocycles. The van der Waals surface area contributed by atoms with Crippen LogP contribution in [-0.4, -0.2) is 35.5 Å². The van der Waals surface area contributed by atoms with Crippen LogP contribution in [0.4, 0.5) is 0 Å². The average Bonchev–Trinajstić information content (AvgIpc) is 2.80. The van der Waals surface area contributed by atoms with Gasteiger partial charge in [-0.3, -0.25) is 9.59 Å². The van der Waals surface area contributed by atoms with Gasteiger partial charge in [0.25, 0.3) is 0 Å². The van der Waals surface area contributed by atoms with Gasteiger partial charge in [0.1, 0.15) is 33.7 Å². The number of aromatic hydroxyl groups is 1. The van der Waals surface area contributed by atoms with Crippen molar-refractivity contribution in [3.63, 3.8) is 0 Å². The normalized spacial score (nSPS) is 13.8. The van der Waals surface area contributed by atoms with E-state index in [0.29, 0.717) is 58.6 Å². The molecule has 4 rings (SSSR count). The van der Waals surface area contributed by atoms with Gasteiger partial charge in [-0.25, -0.2) is 0 Å². The Hall–Kier alpha value is -3.94. The molecule has 0 saturated carbocycles. The van der Waals surface area contributed by atoms with Crippen LogP contribution in [0.2, 0.25) is 0 Å². The summed E-state index contributed by atoms with van der Waals surface area (Å²) in [6.07, 6.45) is 7.02. The first-order valence-electron chi connectivity index (χ1n) is 12.2. The summed E-state index contributed by atoms with van der Waals surface area (Å²) in [5.74, 6) is 0.174. The Morgan fingerprint density at radius 2 is 1.86 bits per heavy atom. The van der Waals surface area contributed by atoms with E-state index in [0.717, 1.165) is 5.57 Å². The molecule has 8 heteroatoms. The minimum absolute atomic E-state index is 0.0623. The van der Waals surface area contributed by atoms with Crippen LogP contribution in [0.5, 0.6) is 23.0 Å². The zero-order valence-corrected chi connectivity index (χ0v) is 21.8. The second-order valence-electron chi connectivity index (χ2n) is 9.92. The smallest absolute Gasteiger partial charge is 0.303 e. The molecular formula is C29H32O8. The number of ether oxygens (including phenoxy) is 3. The quantitative estimate of drug-likeness (QED) is 0.206. The van der Waals surface area contributed by atoms with Crippen molar-refractivity contribution in [1.82, 2.24) is 0 Å². The molecule has 0 bridgehead atoms. The molecule has 1 aliphatic rings. The highest BCUT2D eigenvalue weighted by atomic mass is 16.5. The Kier molecular flexibility index (Phi) is 7.21. The second-order valence-corrected chi connectivity index (χ2v) is 9.92. The van der Waals surface area contributed by atoms with Crippen molar-refractivity contribution in [3.05, 3.63) is 51.2 Å². The number of unbranched alkanes of at least 4 members (excludes halogenated alkanes) is 1. The standard InChI is InChI=1S/C29H32O8/c1-16(2)9-10-18-24-20(15-22(28(18)34-5)35-13-7-6-8-23(30)31)36-21-14-19-17(11-12-29(3,4)37-19)26(32)25(21)27(24)33/h9,11-12,14-15,32H,6-8,10,13H2,1-5H3,(H,30,31). The van der Waals surface area contributed by atoms with Gasteiger partial charge in [-0.05, 0) is 59.1 Å². The van der Waals surface area contributed by atoms with Crippen molar-refractivity contribution in [2.24, 2.45) is 0 Å². The second kappa shape index (κ2) is 10.2. The molecule has 2 N–H and O–H groups in total. The molecule has 1 aliphatic heterocycles. The van der Waals surface area contributed by atoms with Gasteiger partial charge < -0.3 is 28.8 Å². The van der Waals surface area contributed by atoms with E-state index in [2.05, 4.69) is 0 Å². The van der Waals surface area contributed by atoms with Gasteiger partial charge in [0.15, 0.2) is 11.5 Å². The third kappa shape index (κ3) is 5.28. The van der Waals surface area contributed by atoms with E-state index in [1.165, 1.54) is 7.11 Å². The van der Waals surface area contributed by atoms with Gasteiger partial charge in [-0.15, -0.1) is 0 Å². The highest BCUT2D eigenvalue weighted by molar-refractivity contribution is 5.99. The highest BCUT2D eigenvalue weighted by Gasteiger charge is 2.28. The largest absolute Gasteiger partial charge is 0.506 e. The Bertz CT molecular complexity index is 1490. The van der Waals surface area contributed by atoms with Crippen LogP contribution >= 0.6 is 0 Å². The SMILES string of the molecule is COc1c(OCCCCC(=O)O)cc2oc3cc4c(c(O)c3c(=O)c2c1CC=C(C)C)C=CC(C)(C)O4. The number of hydrogen-bond donors (Lipinski definition) is 2. The summed E-state index contributed by atoms with van der Waals surface area (Å²) >= 11 is 0. The molecule has 8 nitrogen and oxygen atoms in total. The summed E-state index contributed by atoms with van der Waals surface area (Å²) < 4.78 is 23.9. The molecule has 1 aromatic heterocycles. The van der Waals surface area contributed by atoms with Crippen molar-refractivity contribution in [1.29, 1.82) is 0 Å². The first-order chi connectivity index (χ1) is 17.5. The van der Waals surface area contributed by atoms with Crippen molar-refractivity contribution >= 4 is 34.0 Å². The molecule has 0 aliphatic carbocycles. The molecule has 0 fully saturated rings. The molecule has 0 amide bonds. The van der Waals surface area contributed by atoms with Crippen LogP contribution in [0.1, 0.15) is 58.1 Å². The van der Waals surface area contributed by atoms with Crippen molar-refractivity contribution in [2.75, 3.05) is 13.7 Å². The van der Waals surface area contributed by atoms with Crippen LogP contribution in [0, 0.1) is 0 Å². The van der Waals surface area contributed by atoms with Gasteiger partial charge in [0.05, 0.1) is 24.7 Å².